The quantitative estimate of drug-likeness (QED) is 0.552. The number of benzene rings is 2. The highest BCUT2D eigenvalue weighted by Crippen LogP contribution is 2.27. The summed E-state index contributed by atoms with van der Waals surface area (Å²) in [5.74, 6) is 0.394. The first-order valence-electron chi connectivity index (χ1n) is 8.73. The van der Waals surface area contributed by atoms with Crippen molar-refractivity contribution in [2.24, 2.45) is 15.9 Å². The minimum absolute atomic E-state index is 0.111. The van der Waals surface area contributed by atoms with Gasteiger partial charge in [0.2, 0.25) is 10.0 Å². The zero-order valence-electron chi connectivity index (χ0n) is 14.6. The molecule has 26 heavy (non-hydrogen) atoms. The van der Waals surface area contributed by atoms with E-state index in [1.165, 1.54) is 36.1 Å². The van der Waals surface area contributed by atoms with Crippen LogP contribution < -0.4 is 16.2 Å². The molecule has 0 atom stereocenters. The lowest BCUT2D eigenvalue weighted by Gasteiger charge is -2.19. The molecular weight excluding hydrogens is 348 g/mol. The van der Waals surface area contributed by atoms with Crippen molar-refractivity contribution in [2.45, 2.75) is 37.0 Å². The SMILES string of the molecule is NC(=NCCc1ccc(S(N)(=O)=O)cc1)Nc1cccc2c1CCCC2. The van der Waals surface area contributed by atoms with Crippen molar-refractivity contribution in [1.82, 2.24) is 0 Å². The van der Waals surface area contributed by atoms with Gasteiger partial charge in [-0.3, -0.25) is 4.99 Å². The summed E-state index contributed by atoms with van der Waals surface area (Å²) in [7, 11) is -3.65. The van der Waals surface area contributed by atoms with Crippen molar-refractivity contribution in [3.63, 3.8) is 0 Å². The number of nitrogens with one attached hydrogen (secondary N) is 1. The molecule has 0 spiro atoms. The van der Waals surface area contributed by atoms with Gasteiger partial charge < -0.3 is 11.1 Å². The molecule has 0 fully saturated rings. The summed E-state index contributed by atoms with van der Waals surface area (Å²) in [5, 5.41) is 8.31. The van der Waals surface area contributed by atoms with E-state index >= 15 is 0 Å². The largest absolute Gasteiger partial charge is 0.370 e. The maximum Gasteiger partial charge on any atom is 0.238 e. The Labute approximate surface area is 154 Å². The molecule has 2 aromatic carbocycles. The summed E-state index contributed by atoms with van der Waals surface area (Å²) < 4.78 is 22.5. The summed E-state index contributed by atoms with van der Waals surface area (Å²) in [5.41, 5.74) is 10.8. The van der Waals surface area contributed by atoms with Gasteiger partial charge in [0.25, 0.3) is 0 Å². The van der Waals surface area contributed by atoms with Crippen LogP contribution in [0.15, 0.2) is 52.4 Å². The van der Waals surface area contributed by atoms with E-state index in [1.807, 2.05) is 12.1 Å². The molecule has 3 rings (SSSR count). The standard InChI is InChI=1S/C19H24N4O2S/c20-19(23-18-7-3-5-15-4-1-2-6-17(15)18)22-13-12-14-8-10-16(11-9-14)26(21,24)25/h3,5,7-11H,1-2,4,6,12-13H2,(H3,20,22,23)(H2,21,24,25). The third-order valence-corrected chi connectivity index (χ3v) is 5.52. The van der Waals surface area contributed by atoms with E-state index in [4.69, 9.17) is 10.9 Å². The molecule has 0 bridgehead atoms. The van der Waals surface area contributed by atoms with Gasteiger partial charge in [-0.1, -0.05) is 24.3 Å². The van der Waals surface area contributed by atoms with Gasteiger partial charge in [-0.25, -0.2) is 13.6 Å². The molecule has 0 unspecified atom stereocenters. The van der Waals surface area contributed by atoms with E-state index in [-0.39, 0.29) is 4.90 Å². The number of guanidine groups is 1. The second-order valence-corrected chi connectivity index (χ2v) is 8.04. The molecule has 1 aliphatic carbocycles. The number of fused-ring (bicyclic) bond motifs is 1. The number of rotatable bonds is 5. The molecule has 0 saturated carbocycles. The maximum absolute atomic E-state index is 11.3. The van der Waals surface area contributed by atoms with Crippen molar-refractivity contribution in [2.75, 3.05) is 11.9 Å². The molecule has 0 amide bonds. The van der Waals surface area contributed by atoms with Crippen LogP contribution in [0.4, 0.5) is 5.69 Å². The van der Waals surface area contributed by atoms with Crippen LogP contribution in [0.1, 0.15) is 29.5 Å². The van der Waals surface area contributed by atoms with Gasteiger partial charge in [0.1, 0.15) is 0 Å². The van der Waals surface area contributed by atoms with Gasteiger partial charge >= 0.3 is 0 Å². The molecule has 2 aromatic rings. The van der Waals surface area contributed by atoms with Gasteiger partial charge in [-0.05, 0) is 67.0 Å². The first kappa shape index (κ1) is 18.4. The monoisotopic (exact) mass is 372 g/mol. The van der Waals surface area contributed by atoms with Gasteiger partial charge in [0.05, 0.1) is 4.90 Å². The summed E-state index contributed by atoms with van der Waals surface area (Å²) in [6.45, 7) is 0.516. The molecule has 1 aliphatic rings. The van der Waals surface area contributed by atoms with E-state index < -0.39 is 10.0 Å². The van der Waals surface area contributed by atoms with Crippen LogP contribution in [0.25, 0.3) is 0 Å². The summed E-state index contributed by atoms with van der Waals surface area (Å²) >= 11 is 0. The first-order valence-corrected chi connectivity index (χ1v) is 10.3. The Morgan fingerprint density at radius 1 is 1.08 bits per heavy atom. The minimum atomic E-state index is -3.65. The molecule has 0 saturated heterocycles. The lowest BCUT2D eigenvalue weighted by molar-refractivity contribution is 0.598. The Balaban J connectivity index is 1.59. The Bertz CT molecular complexity index is 906. The Hall–Kier alpha value is -2.38. The number of nitrogens with zero attached hydrogens (tertiary/aromatic N) is 1. The zero-order chi connectivity index (χ0) is 18.6. The fraction of sp³-hybridized carbons (Fsp3) is 0.316. The molecular formula is C19H24N4O2S. The lowest BCUT2D eigenvalue weighted by Crippen LogP contribution is -2.24. The molecule has 138 valence electrons. The molecule has 6 nitrogen and oxygen atoms in total. The Morgan fingerprint density at radius 3 is 2.54 bits per heavy atom. The first-order chi connectivity index (χ1) is 12.4. The highest BCUT2D eigenvalue weighted by atomic mass is 32.2. The predicted molar refractivity (Wildman–Crippen MR) is 105 cm³/mol. The number of nitrogens with two attached hydrogens (primary N) is 2. The fourth-order valence-electron chi connectivity index (χ4n) is 3.23. The van der Waals surface area contributed by atoms with E-state index in [0.717, 1.165) is 24.1 Å². The third kappa shape index (κ3) is 4.62. The number of anilines is 1. The number of sulfonamides is 1. The van der Waals surface area contributed by atoms with Crippen LogP contribution in [0.3, 0.4) is 0 Å². The molecule has 5 N–H and O–H groups in total. The van der Waals surface area contributed by atoms with Gasteiger partial charge in [0, 0.05) is 12.2 Å². The molecule has 0 heterocycles. The average molecular weight is 372 g/mol. The highest BCUT2D eigenvalue weighted by Gasteiger charge is 2.13. The molecule has 0 aromatic heterocycles. The topological polar surface area (TPSA) is 111 Å². The predicted octanol–water partition coefficient (Wildman–Crippen LogP) is 2.18. The van der Waals surface area contributed by atoms with Crippen LogP contribution >= 0.6 is 0 Å². The van der Waals surface area contributed by atoms with Crippen LogP contribution in [0, 0.1) is 0 Å². The Morgan fingerprint density at radius 2 is 1.81 bits per heavy atom. The third-order valence-electron chi connectivity index (χ3n) is 4.59. The van der Waals surface area contributed by atoms with Crippen LogP contribution in [0.5, 0.6) is 0 Å². The lowest BCUT2D eigenvalue weighted by atomic mass is 9.90. The average Bonchev–Trinajstić information content (AvgIpc) is 2.62. The van der Waals surface area contributed by atoms with E-state index in [2.05, 4.69) is 16.4 Å². The Kier molecular flexibility index (Phi) is 5.58. The molecule has 0 radical (unpaired) electrons. The van der Waals surface area contributed by atoms with Crippen LogP contribution in [-0.4, -0.2) is 20.9 Å². The van der Waals surface area contributed by atoms with Crippen molar-refractivity contribution < 1.29 is 8.42 Å². The van der Waals surface area contributed by atoms with Crippen molar-refractivity contribution in [1.29, 1.82) is 0 Å². The van der Waals surface area contributed by atoms with Crippen molar-refractivity contribution >= 4 is 21.7 Å². The van der Waals surface area contributed by atoms with Crippen molar-refractivity contribution in [3.8, 4) is 0 Å². The smallest absolute Gasteiger partial charge is 0.238 e. The molecule has 0 aliphatic heterocycles. The highest BCUT2D eigenvalue weighted by molar-refractivity contribution is 7.89. The van der Waals surface area contributed by atoms with Crippen molar-refractivity contribution in [3.05, 3.63) is 59.2 Å². The van der Waals surface area contributed by atoms with Gasteiger partial charge in [0.15, 0.2) is 5.96 Å². The number of aliphatic imine (C=N–C) groups is 1. The van der Waals surface area contributed by atoms with Crippen LogP contribution in [-0.2, 0) is 29.3 Å². The maximum atomic E-state index is 11.3. The van der Waals surface area contributed by atoms with E-state index in [9.17, 15) is 8.42 Å². The molecule has 7 heteroatoms. The summed E-state index contributed by atoms with van der Waals surface area (Å²) in [4.78, 5) is 4.49. The van der Waals surface area contributed by atoms with Gasteiger partial charge in [-0.15, -0.1) is 0 Å². The van der Waals surface area contributed by atoms with E-state index in [0.29, 0.717) is 18.9 Å². The normalized spacial score (nSPS) is 14.7. The second kappa shape index (κ2) is 7.88. The second-order valence-electron chi connectivity index (χ2n) is 6.48. The van der Waals surface area contributed by atoms with Crippen LogP contribution in [0.2, 0.25) is 0 Å². The number of aryl methyl sites for hydroxylation is 1. The van der Waals surface area contributed by atoms with E-state index in [1.54, 1.807) is 12.1 Å². The van der Waals surface area contributed by atoms with Gasteiger partial charge in [-0.2, -0.15) is 0 Å². The summed E-state index contributed by atoms with van der Waals surface area (Å²) in [6, 6.07) is 12.8. The number of hydrogen-bond acceptors (Lipinski definition) is 3. The number of primary sulfonamides is 1. The fourth-order valence-corrected chi connectivity index (χ4v) is 3.74. The minimum Gasteiger partial charge on any atom is -0.370 e. The summed E-state index contributed by atoms with van der Waals surface area (Å²) in [6.07, 6.45) is 5.31. The number of hydrogen-bond donors (Lipinski definition) is 3. The zero-order valence-corrected chi connectivity index (χ0v) is 15.4.